The first-order valence-corrected chi connectivity index (χ1v) is 17.9. The molecule has 0 unspecified atom stereocenters. The maximum absolute atomic E-state index is 9.22. The minimum absolute atomic E-state index is 0.808. The lowest BCUT2D eigenvalue weighted by molar-refractivity contribution is -0.910. The largest absolute Gasteiger partial charge is 0.726 e. The predicted molar refractivity (Wildman–Crippen MR) is 164 cm³/mol. The molecule has 0 spiro atoms. The van der Waals surface area contributed by atoms with E-state index in [0.717, 1.165) is 14.2 Å². The maximum atomic E-state index is 9.22. The predicted octanol–water partition coefficient (Wildman–Crippen LogP) is 5.85. The molecule has 0 N–H and O–H groups in total. The van der Waals surface area contributed by atoms with Crippen LogP contribution in [0.25, 0.3) is 0 Å². The van der Waals surface area contributed by atoms with Crippen molar-refractivity contribution < 1.29 is 43.3 Å². The van der Waals surface area contributed by atoms with Crippen LogP contribution in [0.4, 0.5) is 0 Å². The highest BCUT2D eigenvalue weighted by molar-refractivity contribution is 7.81. The lowest BCUT2D eigenvalue weighted by Crippen LogP contribution is -2.46. The van der Waals surface area contributed by atoms with Gasteiger partial charge in [-0.25, -0.2) is 16.8 Å². The minimum atomic E-state index is -4.41. The highest BCUT2D eigenvalue weighted by Crippen LogP contribution is 2.12. The average molecular weight is 623 g/mol. The Morgan fingerprint density at radius 2 is 0.575 bits per heavy atom. The summed E-state index contributed by atoms with van der Waals surface area (Å²) in [5.74, 6) is 0. The second-order valence-corrected chi connectivity index (χ2v) is 13.2. The monoisotopic (exact) mass is 622 g/mol. The third-order valence-electron chi connectivity index (χ3n) is 6.72. The molecule has 40 heavy (non-hydrogen) atoms. The number of unbranched alkanes of at least 4 members (excludes halogenated alkanes) is 6. The van der Waals surface area contributed by atoms with Gasteiger partial charge >= 0.3 is 0 Å². The molecule has 248 valence electrons. The molecular formula is C28H66N2O8S2. The molecule has 0 atom stereocenters. The number of hydrogen-bond donors (Lipinski definition) is 0. The molecule has 0 aliphatic rings. The first-order chi connectivity index (χ1) is 18.5. The van der Waals surface area contributed by atoms with Crippen molar-refractivity contribution >= 4 is 20.8 Å². The van der Waals surface area contributed by atoms with Crippen LogP contribution in [0, 0.1) is 0 Å². The highest BCUT2D eigenvalue weighted by Gasteiger charge is 2.19. The Kier molecular flexibility index (Phi) is 33.5. The lowest BCUT2D eigenvalue weighted by Gasteiger charge is -2.34. The van der Waals surface area contributed by atoms with Gasteiger partial charge in [-0.05, 0) is 38.5 Å². The molecule has 0 saturated carbocycles. The van der Waals surface area contributed by atoms with Gasteiger partial charge in [0.05, 0.1) is 67.6 Å². The summed E-state index contributed by atoms with van der Waals surface area (Å²) in [6.07, 6.45) is 16.4. The number of nitrogens with zero attached hydrogens (tertiary/aromatic N) is 2. The van der Waals surface area contributed by atoms with Crippen molar-refractivity contribution in [3.8, 4) is 0 Å². The number of rotatable bonds is 20. The van der Waals surface area contributed by atoms with Crippen LogP contribution in [0.1, 0.15) is 119 Å². The summed E-state index contributed by atoms with van der Waals surface area (Å²) in [5, 5.41) is 0. The van der Waals surface area contributed by atoms with E-state index in [2.05, 4.69) is 64.0 Å². The van der Waals surface area contributed by atoms with Crippen LogP contribution in [-0.2, 0) is 29.2 Å². The van der Waals surface area contributed by atoms with Crippen LogP contribution in [-0.4, -0.2) is 102 Å². The molecule has 0 aromatic heterocycles. The molecule has 0 saturated heterocycles. The number of quaternary nitrogens is 2. The van der Waals surface area contributed by atoms with E-state index in [0.29, 0.717) is 0 Å². The summed E-state index contributed by atoms with van der Waals surface area (Å²) in [7, 11) is -2.32. The minimum Gasteiger partial charge on any atom is -0.726 e. The second kappa shape index (κ2) is 28.8. The average Bonchev–Trinajstić information content (AvgIpc) is 2.91. The number of hydrogen-bond acceptors (Lipinski definition) is 8. The van der Waals surface area contributed by atoms with Gasteiger partial charge in [-0.3, -0.25) is 8.37 Å². The molecule has 0 rings (SSSR count). The molecule has 0 radical (unpaired) electrons. The van der Waals surface area contributed by atoms with Gasteiger partial charge in [-0.1, -0.05) is 80.1 Å². The molecule has 12 heteroatoms. The Labute approximate surface area is 249 Å². The molecule has 0 aromatic carbocycles. The van der Waals surface area contributed by atoms with E-state index in [9.17, 15) is 25.9 Å². The Bertz CT molecular complexity index is 627. The second-order valence-electron chi connectivity index (χ2n) is 10.9. The van der Waals surface area contributed by atoms with Crippen LogP contribution in [0.5, 0.6) is 0 Å². The van der Waals surface area contributed by atoms with Crippen molar-refractivity contribution in [2.24, 2.45) is 0 Å². The zero-order valence-electron chi connectivity index (χ0n) is 27.7. The molecule has 0 heterocycles. The van der Waals surface area contributed by atoms with E-state index in [1.165, 1.54) is 125 Å². The van der Waals surface area contributed by atoms with Gasteiger partial charge in [-0.15, -0.1) is 0 Å². The lowest BCUT2D eigenvalue weighted by atomic mass is 10.2. The molecule has 0 aliphatic carbocycles. The first kappa shape index (κ1) is 46.6. The molecule has 0 bridgehead atoms. The summed E-state index contributed by atoms with van der Waals surface area (Å²) in [5.41, 5.74) is 0. The summed E-state index contributed by atoms with van der Waals surface area (Å²) < 4.78 is 64.7. The van der Waals surface area contributed by atoms with E-state index >= 15 is 0 Å². The van der Waals surface area contributed by atoms with Gasteiger partial charge in [0.2, 0.25) is 20.8 Å². The summed E-state index contributed by atoms with van der Waals surface area (Å²) in [6.45, 7) is 22.1. The van der Waals surface area contributed by atoms with Crippen molar-refractivity contribution in [1.82, 2.24) is 0 Å². The van der Waals surface area contributed by atoms with Gasteiger partial charge in [0.15, 0.2) is 0 Å². The smallest absolute Gasteiger partial charge is 0.217 e. The van der Waals surface area contributed by atoms with Crippen molar-refractivity contribution in [3.05, 3.63) is 0 Å². The van der Waals surface area contributed by atoms with E-state index in [4.69, 9.17) is 0 Å². The van der Waals surface area contributed by atoms with E-state index in [1.54, 1.807) is 0 Å². The fourth-order valence-electron chi connectivity index (χ4n) is 3.91. The molecule has 0 fully saturated rings. The zero-order chi connectivity index (χ0) is 32.1. The molecule has 0 amide bonds. The van der Waals surface area contributed by atoms with Crippen molar-refractivity contribution in [3.63, 3.8) is 0 Å². The van der Waals surface area contributed by atoms with Crippen LogP contribution >= 0.6 is 0 Å². The van der Waals surface area contributed by atoms with Crippen LogP contribution < -0.4 is 0 Å². The van der Waals surface area contributed by atoms with E-state index in [1.807, 2.05) is 0 Å². The van der Waals surface area contributed by atoms with E-state index < -0.39 is 20.8 Å². The summed E-state index contributed by atoms with van der Waals surface area (Å²) in [4.78, 5) is 0. The Morgan fingerprint density at radius 3 is 0.650 bits per heavy atom. The third kappa shape index (κ3) is 39.8. The van der Waals surface area contributed by atoms with Crippen molar-refractivity contribution in [2.75, 3.05) is 67.6 Å². The summed E-state index contributed by atoms with van der Waals surface area (Å²) in [6, 6.07) is 0. The Hall–Kier alpha value is -0.340. The zero-order valence-corrected chi connectivity index (χ0v) is 29.3. The van der Waals surface area contributed by atoms with Gasteiger partial charge in [0.1, 0.15) is 0 Å². The van der Waals surface area contributed by atoms with Gasteiger partial charge in [0, 0.05) is 0 Å². The highest BCUT2D eigenvalue weighted by atomic mass is 32.3. The standard InChI is InChI=1S/2C13H30N.2CH4O4S/c2*1-5-8-11-14(4,12-9-6-2)13-10-7-3;2*1-5-6(2,3)4/h2*5-13H2,1-4H3;2*1H3,(H,2,3,4)/q2*+1;;/p-2. The molecule has 0 aromatic rings. The first-order valence-electron chi connectivity index (χ1n) is 15.2. The molecule has 0 aliphatic heterocycles. The normalized spacial score (nSPS) is 11.9. The van der Waals surface area contributed by atoms with Gasteiger partial charge in [-0.2, -0.15) is 0 Å². The molecule has 10 nitrogen and oxygen atoms in total. The van der Waals surface area contributed by atoms with Crippen LogP contribution in [0.2, 0.25) is 0 Å². The van der Waals surface area contributed by atoms with Crippen molar-refractivity contribution in [1.29, 1.82) is 0 Å². The fourth-order valence-corrected chi connectivity index (χ4v) is 3.91. The quantitative estimate of drug-likeness (QED) is 0.0938. The SMILES string of the molecule is CCCC[N+](C)(CCCC)CCCC.CCCC[N+](C)(CCCC)CCCC.COS(=O)(=O)[O-].COS(=O)(=O)[O-]. The molecular weight excluding hydrogens is 556 g/mol. The van der Waals surface area contributed by atoms with Gasteiger partial charge in [0.25, 0.3) is 0 Å². The van der Waals surface area contributed by atoms with Gasteiger partial charge < -0.3 is 18.1 Å². The fraction of sp³-hybridized carbons (Fsp3) is 1.00. The Morgan fingerprint density at radius 1 is 0.450 bits per heavy atom. The topological polar surface area (TPSA) is 133 Å². The van der Waals surface area contributed by atoms with Crippen LogP contribution in [0.15, 0.2) is 0 Å². The van der Waals surface area contributed by atoms with Crippen molar-refractivity contribution in [2.45, 2.75) is 119 Å². The summed E-state index contributed by atoms with van der Waals surface area (Å²) >= 11 is 0. The van der Waals surface area contributed by atoms with E-state index in [-0.39, 0.29) is 0 Å². The Balaban J connectivity index is -0.000000233. The van der Waals surface area contributed by atoms with Crippen LogP contribution in [0.3, 0.4) is 0 Å². The third-order valence-corrected chi connectivity index (χ3v) is 7.53. The maximum Gasteiger partial charge on any atom is 0.217 e.